The molecule has 1 aromatic carbocycles. The molecule has 0 atom stereocenters. The second-order valence-electron chi connectivity index (χ2n) is 3.36. The summed E-state index contributed by atoms with van der Waals surface area (Å²) in [5.74, 6) is 1.16. The van der Waals surface area contributed by atoms with Gasteiger partial charge < -0.3 is 9.52 Å². The maximum absolute atomic E-state index is 9.85. The third-order valence-corrected chi connectivity index (χ3v) is 2.39. The number of hydrogen-bond acceptors (Lipinski definition) is 2. The number of furan rings is 1. The predicted octanol–water partition coefficient (Wildman–Crippen LogP) is 3.27. The lowest BCUT2D eigenvalue weighted by Crippen LogP contribution is -1.81. The third-order valence-electron chi connectivity index (χ3n) is 2.39. The summed E-state index contributed by atoms with van der Waals surface area (Å²) in [5.41, 5.74) is 2.66. The Hall–Kier alpha value is -1.70. The smallest absolute Gasteiger partial charge is 0.126 e. The van der Waals surface area contributed by atoms with Crippen LogP contribution in [0.4, 0.5) is 0 Å². The number of hydrogen-bond donors (Lipinski definition) is 1. The Morgan fingerprint density at radius 1 is 1.07 bits per heavy atom. The molecule has 0 saturated carbocycles. The van der Waals surface area contributed by atoms with E-state index in [1.54, 1.807) is 6.26 Å². The number of aryl methyl sites for hydroxylation is 2. The summed E-state index contributed by atoms with van der Waals surface area (Å²) in [4.78, 5) is 0. The highest BCUT2D eigenvalue weighted by atomic mass is 16.3. The monoisotopic (exact) mass is 188 g/mol. The third kappa shape index (κ3) is 1.29. The fourth-order valence-electron chi connectivity index (χ4n) is 1.54. The molecule has 0 bridgehead atoms. The largest absolute Gasteiger partial charge is 0.507 e. The van der Waals surface area contributed by atoms with Gasteiger partial charge >= 0.3 is 0 Å². The molecule has 0 aliphatic rings. The van der Waals surface area contributed by atoms with Gasteiger partial charge in [0.1, 0.15) is 11.5 Å². The minimum absolute atomic E-state index is 0.331. The van der Waals surface area contributed by atoms with Crippen LogP contribution in [-0.2, 0) is 0 Å². The molecule has 1 heterocycles. The molecule has 1 N–H and O–H groups in total. The van der Waals surface area contributed by atoms with Gasteiger partial charge in [-0.05, 0) is 25.5 Å². The first-order valence-corrected chi connectivity index (χ1v) is 4.53. The first-order chi connectivity index (χ1) is 6.70. The second kappa shape index (κ2) is 3.22. The van der Waals surface area contributed by atoms with Crippen molar-refractivity contribution in [1.29, 1.82) is 0 Å². The Bertz CT molecular complexity index is 455. The fraction of sp³-hybridized carbons (Fsp3) is 0.167. The van der Waals surface area contributed by atoms with Crippen LogP contribution in [-0.4, -0.2) is 5.11 Å². The van der Waals surface area contributed by atoms with Crippen LogP contribution in [0.2, 0.25) is 0 Å². The lowest BCUT2D eigenvalue weighted by Gasteiger charge is -2.05. The van der Waals surface area contributed by atoms with Crippen LogP contribution < -0.4 is 0 Å². The average molecular weight is 188 g/mol. The minimum Gasteiger partial charge on any atom is -0.507 e. The van der Waals surface area contributed by atoms with Crippen molar-refractivity contribution in [3.63, 3.8) is 0 Å². The number of benzene rings is 1. The van der Waals surface area contributed by atoms with Crippen LogP contribution in [0.1, 0.15) is 11.3 Å². The summed E-state index contributed by atoms with van der Waals surface area (Å²) in [6, 6.07) is 7.56. The van der Waals surface area contributed by atoms with Gasteiger partial charge in [0.15, 0.2) is 0 Å². The Balaban J connectivity index is 2.63. The van der Waals surface area contributed by atoms with Crippen molar-refractivity contribution in [1.82, 2.24) is 0 Å². The van der Waals surface area contributed by atoms with Crippen LogP contribution in [0.3, 0.4) is 0 Å². The Labute approximate surface area is 82.8 Å². The molecule has 0 radical (unpaired) electrons. The predicted molar refractivity (Wildman–Crippen MR) is 55.3 cm³/mol. The molecule has 2 nitrogen and oxygen atoms in total. The zero-order chi connectivity index (χ0) is 10.1. The van der Waals surface area contributed by atoms with E-state index in [1.165, 1.54) is 0 Å². The zero-order valence-electron chi connectivity index (χ0n) is 8.24. The fourth-order valence-corrected chi connectivity index (χ4v) is 1.54. The van der Waals surface area contributed by atoms with Crippen molar-refractivity contribution in [3.8, 4) is 16.9 Å². The molecule has 2 aromatic rings. The standard InChI is InChI=1S/C12H12O2/c1-8-4-3-5-11(12(8)13)10-6-7-14-9(10)2/h3-7,13H,1-2H3. The van der Waals surface area contributed by atoms with E-state index in [0.717, 1.165) is 22.5 Å². The van der Waals surface area contributed by atoms with Crippen molar-refractivity contribution in [2.24, 2.45) is 0 Å². The van der Waals surface area contributed by atoms with E-state index in [-0.39, 0.29) is 0 Å². The summed E-state index contributed by atoms with van der Waals surface area (Å²) in [6.45, 7) is 3.77. The Morgan fingerprint density at radius 2 is 1.86 bits per heavy atom. The molecule has 0 fully saturated rings. The minimum atomic E-state index is 0.331. The van der Waals surface area contributed by atoms with E-state index in [9.17, 15) is 5.11 Å². The molecule has 2 heteroatoms. The maximum atomic E-state index is 9.85. The molecule has 0 amide bonds. The van der Waals surface area contributed by atoms with Gasteiger partial charge in [0.05, 0.1) is 6.26 Å². The normalized spacial score (nSPS) is 10.4. The summed E-state index contributed by atoms with van der Waals surface area (Å²) < 4.78 is 5.20. The Kier molecular flexibility index (Phi) is 2.04. The van der Waals surface area contributed by atoms with Gasteiger partial charge in [-0.2, -0.15) is 0 Å². The number of phenolic OH excluding ortho intramolecular Hbond substituents is 1. The topological polar surface area (TPSA) is 33.4 Å². The molecule has 1 aromatic heterocycles. The number of rotatable bonds is 1. The van der Waals surface area contributed by atoms with Crippen LogP contribution >= 0.6 is 0 Å². The molecule has 14 heavy (non-hydrogen) atoms. The molecule has 72 valence electrons. The van der Waals surface area contributed by atoms with Crippen molar-refractivity contribution < 1.29 is 9.52 Å². The second-order valence-corrected chi connectivity index (χ2v) is 3.36. The van der Waals surface area contributed by atoms with E-state index in [1.807, 2.05) is 38.1 Å². The van der Waals surface area contributed by atoms with E-state index >= 15 is 0 Å². The first-order valence-electron chi connectivity index (χ1n) is 4.53. The molecule has 0 spiro atoms. The summed E-state index contributed by atoms with van der Waals surface area (Å²) in [5, 5.41) is 9.85. The molecule has 2 rings (SSSR count). The first kappa shape index (κ1) is 8.88. The molecular formula is C12H12O2. The number of para-hydroxylation sites is 1. The van der Waals surface area contributed by atoms with Gasteiger partial charge in [-0.1, -0.05) is 18.2 Å². The van der Waals surface area contributed by atoms with Gasteiger partial charge in [-0.15, -0.1) is 0 Å². The van der Waals surface area contributed by atoms with Gasteiger partial charge in [0.25, 0.3) is 0 Å². The maximum Gasteiger partial charge on any atom is 0.126 e. The van der Waals surface area contributed by atoms with E-state index in [4.69, 9.17) is 4.42 Å². The molecule has 0 saturated heterocycles. The summed E-state index contributed by atoms with van der Waals surface area (Å²) in [7, 11) is 0. The van der Waals surface area contributed by atoms with Crippen LogP contribution in [0.25, 0.3) is 11.1 Å². The van der Waals surface area contributed by atoms with E-state index in [0.29, 0.717) is 5.75 Å². The van der Waals surface area contributed by atoms with E-state index in [2.05, 4.69) is 0 Å². The summed E-state index contributed by atoms with van der Waals surface area (Å²) >= 11 is 0. The van der Waals surface area contributed by atoms with Gasteiger partial charge in [-0.25, -0.2) is 0 Å². The quantitative estimate of drug-likeness (QED) is 0.745. The molecule has 0 aliphatic heterocycles. The summed E-state index contributed by atoms with van der Waals surface area (Å²) in [6.07, 6.45) is 1.63. The SMILES string of the molecule is Cc1cccc(-c2ccoc2C)c1O. The van der Waals surface area contributed by atoms with Crippen LogP contribution in [0.5, 0.6) is 5.75 Å². The van der Waals surface area contributed by atoms with Crippen molar-refractivity contribution in [2.75, 3.05) is 0 Å². The van der Waals surface area contributed by atoms with Crippen LogP contribution in [0.15, 0.2) is 34.9 Å². The van der Waals surface area contributed by atoms with Crippen molar-refractivity contribution in [2.45, 2.75) is 13.8 Å². The lowest BCUT2D eigenvalue weighted by molar-refractivity contribution is 0.472. The molecular weight excluding hydrogens is 176 g/mol. The zero-order valence-corrected chi connectivity index (χ0v) is 8.24. The highest BCUT2D eigenvalue weighted by Crippen LogP contribution is 2.33. The van der Waals surface area contributed by atoms with E-state index < -0.39 is 0 Å². The van der Waals surface area contributed by atoms with Crippen LogP contribution in [0, 0.1) is 13.8 Å². The highest BCUT2D eigenvalue weighted by Gasteiger charge is 2.09. The molecule has 0 unspecified atom stereocenters. The van der Waals surface area contributed by atoms with Gasteiger partial charge in [-0.3, -0.25) is 0 Å². The average Bonchev–Trinajstić information content (AvgIpc) is 2.57. The molecule has 0 aliphatic carbocycles. The highest BCUT2D eigenvalue weighted by molar-refractivity contribution is 5.72. The Morgan fingerprint density at radius 3 is 2.50 bits per heavy atom. The van der Waals surface area contributed by atoms with Gasteiger partial charge in [0.2, 0.25) is 0 Å². The van der Waals surface area contributed by atoms with Gasteiger partial charge in [0, 0.05) is 11.1 Å². The van der Waals surface area contributed by atoms with Crippen molar-refractivity contribution >= 4 is 0 Å². The lowest BCUT2D eigenvalue weighted by atomic mass is 10.0. The number of aromatic hydroxyl groups is 1. The number of phenols is 1. The van der Waals surface area contributed by atoms with Crippen molar-refractivity contribution in [3.05, 3.63) is 41.9 Å².